The van der Waals surface area contributed by atoms with Gasteiger partial charge in [-0.3, -0.25) is 0 Å². The minimum atomic E-state index is -1.96. The number of esters is 1. The lowest BCUT2D eigenvalue weighted by Gasteiger charge is -2.29. The second kappa shape index (κ2) is 5.46. The smallest absolute Gasteiger partial charge is 0.352 e. The number of rotatable bonds is 5. The summed E-state index contributed by atoms with van der Waals surface area (Å²) in [6.45, 7) is 11.0. The first-order valence-corrected chi connectivity index (χ1v) is 8.88. The zero-order valence-corrected chi connectivity index (χ0v) is 12.0. The van der Waals surface area contributed by atoms with Gasteiger partial charge in [0, 0.05) is 0 Å². The van der Waals surface area contributed by atoms with Crippen molar-refractivity contribution in [1.29, 1.82) is 5.26 Å². The van der Waals surface area contributed by atoms with Crippen molar-refractivity contribution in [1.82, 2.24) is 0 Å². The SMILES string of the molecule is CCC(C)OC(=O)C(C)(C#N)O[Si](C)(C)C. The van der Waals surface area contributed by atoms with E-state index in [0.29, 0.717) is 0 Å². The van der Waals surface area contributed by atoms with Crippen LogP contribution in [0.15, 0.2) is 0 Å². The van der Waals surface area contributed by atoms with Gasteiger partial charge >= 0.3 is 5.97 Å². The predicted molar refractivity (Wildman–Crippen MR) is 64.3 cm³/mol. The number of nitrogens with zero attached hydrogens (tertiary/aromatic N) is 1. The van der Waals surface area contributed by atoms with Crippen LogP contribution >= 0.6 is 0 Å². The molecule has 0 radical (unpaired) electrons. The summed E-state index contributed by atoms with van der Waals surface area (Å²) in [5.41, 5.74) is -1.48. The highest BCUT2D eigenvalue weighted by atomic mass is 28.4. The van der Waals surface area contributed by atoms with Crippen LogP contribution < -0.4 is 0 Å². The van der Waals surface area contributed by atoms with E-state index in [9.17, 15) is 4.79 Å². The number of nitriles is 1. The number of ether oxygens (including phenoxy) is 1. The average Bonchev–Trinajstić information content (AvgIpc) is 2.14. The van der Waals surface area contributed by atoms with Gasteiger partial charge in [0.05, 0.1) is 6.10 Å². The molecule has 0 N–H and O–H groups in total. The highest BCUT2D eigenvalue weighted by Crippen LogP contribution is 2.19. The third-order valence-electron chi connectivity index (χ3n) is 2.00. The van der Waals surface area contributed by atoms with Crippen LogP contribution in [0.5, 0.6) is 0 Å². The van der Waals surface area contributed by atoms with Crippen LogP contribution in [0.25, 0.3) is 0 Å². The van der Waals surface area contributed by atoms with Gasteiger partial charge in [-0.1, -0.05) is 6.92 Å². The highest BCUT2D eigenvalue weighted by molar-refractivity contribution is 6.70. The minimum absolute atomic E-state index is 0.189. The molecule has 0 aromatic heterocycles. The zero-order chi connectivity index (χ0) is 13.0. The Labute approximate surface area is 98.7 Å². The van der Waals surface area contributed by atoms with Gasteiger partial charge in [-0.05, 0) is 39.9 Å². The molecule has 0 bridgehead atoms. The molecule has 5 heteroatoms. The number of hydrogen-bond acceptors (Lipinski definition) is 4. The zero-order valence-electron chi connectivity index (χ0n) is 11.0. The van der Waals surface area contributed by atoms with Gasteiger partial charge in [-0.15, -0.1) is 0 Å². The molecule has 0 aliphatic rings. The van der Waals surface area contributed by atoms with Crippen molar-refractivity contribution in [3.63, 3.8) is 0 Å². The molecule has 0 heterocycles. The molecule has 16 heavy (non-hydrogen) atoms. The van der Waals surface area contributed by atoms with E-state index in [-0.39, 0.29) is 6.10 Å². The standard InChI is InChI=1S/C11H21NO3Si/c1-7-9(2)14-10(13)11(3,8-12)15-16(4,5)6/h9H,7H2,1-6H3. The molecular formula is C11H21NO3Si. The molecule has 2 atom stereocenters. The van der Waals surface area contributed by atoms with Crippen molar-refractivity contribution in [2.45, 2.75) is 58.5 Å². The monoisotopic (exact) mass is 243 g/mol. The van der Waals surface area contributed by atoms with E-state index in [1.54, 1.807) is 6.92 Å². The Morgan fingerprint density at radius 1 is 1.50 bits per heavy atom. The number of carbonyl (C=O) groups excluding carboxylic acids is 1. The third kappa shape index (κ3) is 4.77. The molecule has 4 nitrogen and oxygen atoms in total. The van der Waals surface area contributed by atoms with Crippen LogP contribution in [0.2, 0.25) is 19.6 Å². The summed E-state index contributed by atoms with van der Waals surface area (Å²) in [4.78, 5) is 11.8. The molecule has 92 valence electrons. The molecule has 0 amide bonds. The molecular weight excluding hydrogens is 222 g/mol. The lowest BCUT2D eigenvalue weighted by molar-refractivity contribution is -0.161. The molecule has 0 saturated carbocycles. The summed E-state index contributed by atoms with van der Waals surface area (Å²) in [7, 11) is -1.96. The predicted octanol–water partition coefficient (Wildman–Crippen LogP) is 2.46. The first kappa shape index (κ1) is 15.1. The van der Waals surface area contributed by atoms with Gasteiger partial charge in [-0.2, -0.15) is 5.26 Å². The van der Waals surface area contributed by atoms with Gasteiger partial charge in [0.1, 0.15) is 6.07 Å². The van der Waals surface area contributed by atoms with E-state index >= 15 is 0 Å². The Kier molecular flexibility index (Phi) is 5.17. The van der Waals surface area contributed by atoms with Crippen molar-refractivity contribution in [2.24, 2.45) is 0 Å². The average molecular weight is 243 g/mol. The Morgan fingerprint density at radius 2 is 2.00 bits per heavy atom. The van der Waals surface area contributed by atoms with Gasteiger partial charge in [-0.25, -0.2) is 4.79 Å². The Morgan fingerprint density at radius 3 is 2.31 bits per heavy atom. The molecule has 0 rings (SSSR count). The summed E-state index contributed by atoms with van der Waals surface area (Å²) in [6, 6.07) is 1.90. The summed E-state index contributed by atoms with van der Waals surface area (Å²) in [6.07, 6.45) is 0.533. The van der Waals surface area contributed by atoms with Crippen LogP contribution in [0.1, 0.15) is 27.2 Å². The summed E-state index contributed by atoms with van der Waals surface area (Å²) < 4.78 is 10.7. The van der Waals surface area contributed by atoms with Gasteiger partial charge in [0.25, 0.3) is 0 Å². The molecule has 0 saturated heterocycles. The normalized spacial score (nSPS) is 17.1. The van der Waals surface area contributed by atoms with Crippen LogP contribution in [-0.4, -0.2) is 26.0 Å². The lowest BCUT2D eigenvalue weighted by atomic mass is 10.1. The van der Waals surface area contributed by atoms with E-state index in [4.69, 9.17) is 14.4 Å². The van der Waals surface area contributed by atoms with Crippen molar-refractivity contribution < 1.29 is 14.0 Å². The second-order valence-electron chi connectivity index (χ2n) is 4.98. The Balaban J connectivity index is 4.72. The first-order valence-electron chi connectivity index (χ1n) is 5.47. The van der Waals surface area contributed by atoms with Crippen molar-refractivity contribution in [3.8, 4) is 6.07 Å². The largest absolute Gasteiger partial charge is 0.460 e. The van der Waals surface area contributed by atoms with Crippen molar-refractivity contribution >= 4 is 14.3 Å². The molecule has 0 aromatic rings. The van der Waals surface area contributed by atoms with Crippen LogP contribution in [0.3, 0.4) is 0 Å². The highest BCUT2D eigenvalue weighted by Gasteiger charge is 2.41. The molecule has 2 unspecified atom stereocenters. The van der Waals surface area contributed by atoms with Crippen LogP contribution in [-0.2, 0) is 14.0 Å². The van der Waals surface area contributed by atoms with E-state index in [0.717, 1.165) is 6.42 Å². The maximum atomic E-state index is 11.8. The topological polar surface area (TPSA) is 59.3 Å². The maximum Gasteiger partial charge on any atom is 0.352 e. The quantitative estimate of drug-likeness (QED) is 0.550. The number of hydrogen-bond donors (Lipinski definition) is 0. The molecule has 0 aromatic carbocycles. The fraction of sp³-hybridized carbons (Fsp3) is 0.818. The van der Waals surface area contributed by atoms with Crippen LogP contribution in [0, 0.1) is 11.3 Å². The van der Waals surface area contributed by atoms with E-state index in [2.05, 4.69) is 0 Å². The fourth-order valence-electron chi connectivity index (χ4n) is 1.10. The second-order valence-corrected chi connectivity index (χ2v) is 9.41. The number of carbonyl (C=O) groups is 1. The van der Waals surface area contributed by atoms with E-state index in [1.807, 2.05) is 32.6 Å². The molecule has 0 aliphatic heterocycles. The van der Waals surface area contributed by atoms with Crippen LogP contribution in [0.4, 0.5) is 0 Å². The molecule has 0 spiro atoms. The Hall–Kier alpha value is -0.863. The summed E-state index contributed by atoms with van der Waals surface area (Å²) in [5, 5.41) is 9.05. The summed E-state index contributed by atoms with van der Waals surface area (Å²) in [5.74, 6) is -0.591. The summed E-state index contributed by atoms with van der Waals surface area (Å²) >= 11 is 0. The Bertz CT molecular complexity index is 293. The lowest BCUT2D eigenvalue weighted by Crippen LogP contribution is -2.47. The molecule has 0 aliphatic carbocycles. The van der Waals surface area contributed by atoms with Crippen molar-refractivity contribution in [3.05, 3.63) is 0 Å². The van der Waals surface area contributed by atoms with Gasteiger partial charge in [0.15, 0.2) is 8.32 Å². The minimum Gasteiger partial charge on any atom is -0.460 e. The van der Waals surface area contributed by atoms with E-state index < -0.39 is 19.9 Å². The van der Waals surface area contributed by atoms with Crippen molar-refractivity contribution in [2.75, 3.05) is 0 Å². The fourth-order valence-corrected chi connectivity index (χ4v) is 2.45. The molecule has 0 fully saturated rings. The van der Waals surface area contributed by atoms with Gasteiger partial charge < -0.3 is 9.16 Å². The van der Waals surface area contributed by atoms with Gasteiger partial charge in [0.2, 0.25) is 5.60 Å². The maximum absolute atomic E-state index is 11.8. The third-order valence-corrected chi connectivity index (χ3v) is 3.02. The first-order chi connectivity index (χ1) is 7.14. The van der Waals surface area contributed by atoms with E-state index in [1.165, 1.54) is 6.92 Å².